The third-order valence-electron chi connectivity index (χ3n) is 11.7. The fraction of sp³-hybridized carbons (Fsp3) is 0.871. The van der Waals surface area contributed by atoms with Crippen molar-refractivity contribution < 1.29 is 10.2 Å². The highest BCUT2D eigenvalue weighted by Crippen LogP contribution is 2.72. The number of aliphatic hydroxyl groups excluding tert-OH is 2. The first-order valence-electron chi connectivity index (χ1n) is 14.7. The van der Waals surface area contributed by atoms with Crippen LogP contribution in [0.5, 0.6) is 0 Å². The first-order chi connectivity index (χ1) is 16.1. The lowest BCUT2D eigenvalue weighted by Gasteiger charge is -2.58. The van der Waals surface area contributed by atoms with E-state index in [-0.39, 0.29) is 12.2 Å². The molecule has 0 aliphatic heterocycles. The first kappa shape index (κ1) is 24.1. The van der Waals surface area contributed by atoms with E-state index in [9.17, 15) is 10.2 Å². The lowest BCUT2D eigenvalue weighted by molar-refractivity contribution is -0.113. The summed E-state index contributed by atoms with van der Waals surface area (Å²) in [4.78, 5) is 0. The molecule has 0 saturated heterocycles. The molecule has 2 N–H and O–H groups in total. The molecule has 0 spiro atoms. The molecule has 0 aromatic rings. The molecule has 33 heavy (non-hydrogen) atoms. The van der Waals surface area contributed by atoms with E-state index in [1.54, 1.807) is 0 Å². The van der Waals surface area contributed by atoms with Crippen LogP contribution in [0.25, 0.3) is 0 Å². The molecular formula is C31H50O2. The molecule has 5 aliphatic carbocycles. The van der Waals surface area contributed by atoms with Crippen LogP contribution in [0.4, 0.5) is 0 Å². The molecule has 5 rings (SSSR count). The zero-order chi connectivity index (χ0) is 23.0. The van der Waals surface area contributed by atoms with E-state index in [1.165, 1.54) is 77.0 Å². The summed E-state index contributed by atoms with van der Waals surface area (Å²) in [5, 5.41) is 21.7. The van der Waals surface area contributed by atoms with E-state index in [2.05, 4.69) is 25.3 Å². The molecule has 2 nitrogen and oxygen atoms in total. The summed E-state index contributed by atoms with van der Waals surface area (Å²) in [6, 6.07) is 0. The Hall–Kier alpha value is -0.600. The lowest BCUT2D eigenvalue weighted by Crippen LogP contribution is -2.52. The van der Waals surface area contributed by atoms with E-state index in [0.29, 0.717) is 17.3 Å². The number of rotatable bonds is 6. The Morgan fingerprint density at radius 3 is 1.45 bits per heavy atom. The van der Waals surface area contributed by atoms with Gasteiger partial charge in [-0.05, 0) is 130 Å². The van der Waals surface area contributed by atoms with Crippen LogP contribution >= 0.6 is 0 Å². The van der Waals surface area contributed by atoms with Gasteiger partial charge in [0.15, 0.2) is 0 Å². The maximum absolute atomic E-state index is 10.9. The second kappa shape index (κ2) is 10.2. The summed E-state index contributed by atoms with van der Waals surface area (Å²) in [5.74, 6) is 6.03. The Kier molecular flexibility index (Phi) is 7.44. The van der Waals surface area contributed by atoms with Gasteiger partial charge in [-0.2, -0.15) is 0 Å². The average molecular weight is 455 g/mol. The minimum absolute atomic E-state index is 0.135. The molecule has 0 aromatic carbocycles. The van der Waals surface area contributed by atoms with E-state index >= 15 is 0 Å². The fourth-order valence-electron chi connectivity index (χ4n) is 10.7. The maximum atomic E-state index is 10.9. The van der Waals surface area contributed by atoms with Gasteiger partial charge in [0.2, 0.25) is 0 Å². The third-order valence-corrected chi connectivity index (χ3v) is 11.7. The third kappa shape index (κ3) is 4.10. The Labute approximate surface area is 203 Å². The molecular weight excluding hydrogens is 404 g/mol. The van der Waals surface area contributed by atoms with Crippen LogP contribution in [0.1, 0.15) is 103 Å². The van der Waals surface area contributed by atoms with Gasteiger partial charge in [0.1, 0.15) is 0 Å². The van der Waals surface area contributed by atoms with Crippen molar-refractivity contribution in [1.82, 2.24) is 0 Å². The molecule has 5 aliphatic rings. The number of allylic oxidation sites excluding steroid dienone is 2. The largest absolute Gasteiger partial charge is 0.393 e. The zero-order valence-corrected chi connectivity index (χ0v) is 21.1. The SMILES string of the molecule is C=CCC1CC(C2(C3CCC(O)C(CC=C)C3)C3CCCCC3C3CCCCC32)CCC1O. The fourth-order valence-corrected chi connectivity index (χ4v) is 10.7. The normalized spacial score (nSPS) is 50.2. The van der Waals surface area contributed by atoms with E-state index in [1.807, 2.05) is 0 Å². The highest BCUT2D eigenvalue weighted by Gasteiger charge is 2.66. The van der Waals surface area contributed by atoms with E-state index in [4.69, 9.17) is 0 Å². The number of fused-ring (bicyclic) bond motifs is 3. The van der Waals surface area contributed by atoms with Crippen LogP contribution < -0.4 is 0 Å². The zero-order valence-electron chi connectivity index (χ0n) is 21.1. The molecule has 0 heterocycles. The molecule has 10 atom stereocenters. The predicted octanol–water partition coefficient (Wildman–Crippen LogP) is 7.31. The van der Waals surface area contributed by atoms with Gasteiger partial charge in [-0.15, -0.1) is 13.2 Å². The highest BCUT2D eigenvalue weighted by atomic mass is 16.3. The summed E-state index contributed by atoms with van der Waals surface area (Å²) < 4.78 is 0. The van der Waals surface area contributed by atoms with Gasteiger partial charge in [-0.25, -0.2) is 0 Å². The molecule has 0 amide bonds. The van der Waals surface area contributed by atoms with Gasteiger partial charge >= 0.3 is 0 Å². The average Bonchev–Trinajstić information content (AvgIpc) is 3.14. The highest BCUT2D eigenvalue weighted by molar-refractivity contribution is 5.14. The van der Waals surface area contributed by atoms with Crippen LogP contribution in [0.2, 0.25) is 0 Å². The van der Waals surface area contributed by atoms with Crippen molar-refractivity contribution >= 4 is 0 Å². The molecule has 5 saturated carbocycles. The standard InChI is InChI=1S/C31H50O2/c1-3-9-21-19-23(15-17-29(21)32)31(24-16-18-30(33)22(20-24)10-4-2)27-13-7-5-11-25(27)26-12-6-8-14-28(26)31/h3-4,21-30,32-33H,1-2,5-20H2. The van der Waals surface area contributed by atoms with Crippen LogP contribution in [0.15, 0.2) is 25.3 Å². The van der Waals surface area contributed by atoms with Crippen molar-refractivity contribution in [2.24, 2.45) is 52.8 Å². The van der Waals surface area contributed by atoms with Crippen LogP contribution in [-0.2, 0) is 0 Å². The number of hydrogen-bond donors (Lipinski definition) is 2. The van der Waals surface area contributed by atoms with Gasteiger partial charge in [0, 0.05) is 0 Å². The van der Waals surface area contributed by atoms with Crippen molar-refractivity contribution in [3.63, 3.8) is 0 Å². The Morgan fingerprint density at radius 2 is 1.03 bits per heavy atom. The Bertz CT molecular complexity index is 626. The summed E-state index contributed by atoms with van der Waals surface area (Å²) >= 11 is 0. The molecule has 0 aromatic heterocycles. The van der Waals surface area contributed by atoms with Crippen molar-refractivity contribution in [3.8, 4) is 0 Å². The van der Waals surface area contributed by atoms with Gasteiger partial charge in [-0.3, -0.25) is 0 Å². The monoisotopic (exact) mass is 454 g/mol. The molecule has 0 radical (unpaired) electrons. The van der Waals surface area contributed by atoms with Crippen LogP contribution in [0, 0.1) is 52.8 Å². The molecule has 186 valence electrons. The second-order valence-corrected chi connectivity index (χ2v) is 12.8. The maximum Gasteiger partial charge on any atom is 0.0571 e. The van der Waals surface area contributed by atoms with Gasteiger partial charge in [0.05, 0.1) is 12.2 Å². The van der Waals surface area contributed by atoms with Gasteiger partial charge < -0.3 is 10.2 Å². The topological polar surface area (TPSA) is 40.5 Å². The molecule has 10 unspecified atom stereocenters. The Morgan fingerprint density at radius 1 is 0.606 bits per heavy atom. The van der Waals surface area contributed by atoms with Gasteiger partial charge in [-0.1, -0.05) is 37.8 Å². The molecule has 2 heteroatoms. The quantitative estimate of drug-likeness (QED) is 0.413. The summed E-state index contributed by atoms with van der Waals surface area (Å²) in [5.41, 5.74) is 0.454. The minimum atomic E-state index is -0.135. The smallest absolute Gasteiger partial charge is 0.0571 e. The first-order valence-corrected chi connectivity index (χ1v) is 14.7. The van der Waals surface area contributed by atoms with Crippen molar-refractivity contribution in [2.45, 2.75) is 115 Å². The van der Waals surface area contributed by atoms with Crippen molar-refractivity contribution in [2.75, 3.05) is 0 Å². The number of hydrogen-bond acceptors (Lipinski definition) is 2. The second-order valence-electron chi connectivity index (χ2n) is 12.8. The summed E-state index contributed by atoms with van der Waals surface area (Å²) in [7, 11) is 0. The van der Waals surface area contributed by atoms with Crippen molar-refractivity contribution in [3.05, 3.63) is 25.3 Å². The predicted molar refractivity (Wildman–Crippen MR) is 137 cm³/mol. The molecule has 0 bridgehead atoms. The number of aliphatic hydroxyl groups is 2. The summed E-state index contributed by atoms with van der Waals surface area (Å²) in [6.07, 6.45) is 24.3. The van der Waals surface area contributed by atoms with E-state index < -0.39 is 0 Å². The summed E-state index contributed by atoms with van der Waals surface area (Å²) in [6.45, 7) is 8.08. The molecule has 5 fully saturated rings. The van der Waals surface area contributed by atoms with Crippen molar-refractivity contribution in [1.29, 1.82) is 0 Å². The van der Waals surface area contributed by atoms with Crippen LogP contribution in [0.3, 0.4) is 0 Å². The Balaban J connectivity index is 1.56. The minimum Gasteiger partial charge on any atom is -0.393 e. The van der Waals surface area contributed by atoms with Crippen LogP contribution in [-0.4, -0.2) is 22.4 Å². The van der Waals surface area contributed by atoms with E-state index in [0.717, 1.165) is 61.2 Å². The lowest BCUT2D eigenvalue weighted by atomic mass is 9.47. The van der Waals surface area contributed by atoms with Gasteiger partial charge in [0.25, 0.3) is 0 Å².